The Kier molecular flexibility index (Phi) is 5.96. The lowest BCUT2D eigenvalue weighted by Crippen LogP contribution is -2.32. The molecule has 0 N–H and O–H groups in total. The van der Waals surface area contributed by atoms with E-state index in [9.17, 15) is 13.6 Å². The highest BCUT2D eigenvalue weighted by atomic mass is 79.9. The number of halogens is 3. The van der Waals surface area contributed by atoms with Gasteiger partial charge < -0.3 is 4.74 Å². The molecule has 1 atom stereocenters. The molecular formula is C14H15BrF2O2S2. The summed E-state index contributed by atoms with van der Waals surface area (Å²) in [5.74, 6) is 0.403. The largest absolute Gasteiger partial charge is 0.466 e. The molecule has 7 heteroatoms. The molecule has 0 radical (unpaired) electrons. The molecule has 1 aromatic carbocycles. The molecule has 116 valence electrons. The van der Waals surface area contributed by atoms with Crippen molar-refractivity contribution in [2.45, 2.75) is 23.6 Å². The lowest BCUT2D eigenvalue weighted by molar-refractivity contribution is -0.144. The number of esters is 1. The van der Waals surface area contributed by atoms with Crippen molar-refractivity contribution >= 4 is 45.4 Å². The zero-order valence-corrected chi connectivity index (χ0v) is 14.6. The molecule has 0 aromatic heterocycles. The van der Waals surface area contributed by atoms with Gasteiger partial charge in [-0.1, -0.05) is 22.0 Å². The molecule has 1 unspecified atom stereocenters. The zero-order chi connectivity index (χ0) is 15.5. The van der Waals surface area contributed by atoms with Crippen LogP contribution >= 0.6 is 39.5 Å². The summed E-state index contributed by atoms with van der Waals surface area (Å²) in [6, 6.07) is 4.60. The Balaban J connectivity index is 2.29. The lowest BCUT2D eigenvalue weighted by Gasteiger charge is -2.31. The molecule has 0 spiro atoms. The highest BCUT2D eigenvalue weighted by molar-refractivity contribution is 9.10. The minimum absolute atomic E-state index is 0.214. The molecule has 1 saturated heterocycles. The van der Waals surface area contributed by atoms with Gasteiger partial charge in [-0.2, -0.15) is 0 Å². The zero-order valence-electron chi connectivity index (χ0n) is 11.4. The van der Waals surface area contributed by atoms with Gasteiger partial charge in [-0.25, -0.2) is 8.78 Å². The van der Waals surface area contributed by atoms with Crippen LogP contribution in [0.1, 0.15) is 18.9 Å². The molecule has 2 nitrogen and oxygen atoms in total. The summed E-state index contributed by atoms with van der Waals surface area (Å²) in [6.45, 7) is 1.89. The Labute approximate surface area is 139 Å². The Morgan fingerprint density at radius 1 is 1.48 bits per heavy atom. The van der Waals surface area contributed by atoms with Crippen molar-refractivity contribution < 1.29 is 18.3 Å². The van der Waals surface area contributed by atoms with E-state index in [1.165, 1.54) is 29.6 Å². The molecule has 1 aromatic rings. The number of hydrogen-bond acceptors (Lipinski definition) is 4. The fourth-order valence-electron chi connectivity index (χ4n) is 2.21. The minimum atomic E-state index is -1.50. The molecule has 1 aliphatic heterocycles. The van der Waals surface area contributed by atoms with Crippen LogP contribution in [0, 0.1) is 5.82 Å². The van der Waals surface area contributed by atoms with E-state index in [1.54, 1.807) is 19.1 Å². The average molecular weight is 397 g/mol. The van der Waals surface area contributed by atoms with Crippen molar-refractivity contribution in [3.05, 3.63) is 34.1 Å². The predicted molar refractivity (Wildman–Crippen MR) is 86.8 cm³/mol. The van der Waals surface area contributed by atoms with Gasteiger partial charge in [0.1, 0.15) is 16.1 Å². The number of thioether (sulfide) groups is 2. The van der Waals surface area contributed by atoms with Gasteiger partial charge >= 0.3 is 5.97 Å². The van der Waals surface area contributed by atoms with Gasteiger partial charge in [-0.3, -0.25) is 4.79 Å². The standard InChI is InChI=1S/C14H15BrF2O2S2/c1-2-19-13(18)8-12(17)14(20-5-6-21-14)10-4-3-9(15)7-11(10)16/h3-4,7,12H,2,5-6,8H2,1H3. The summed E-state index contributed by atoms with van der Waals surface area (Å²) < 4.78 is 33.4. The fourth-order valence-corrected chi connectivity index (χ4v) is 5.82. The molecular weight excluding hydrogens is 382 g/mol. The maximum absolute atomic E-state index is 14.8. The van der Waals surface area contributed by atoms with Crippen LogP contribution in [0.3, 0.4) is 0 Å². The third-order valence-electron chi connectivity index (χ3n) is 3.09. The molecule has 1 heterocycles. The van der Waals surface area contributed by atoms with Crippen LogP contribution in [0.2, 0.25) is 0 Å². The van der Waals surface area contributed by atoms with Crippen LogP contribution in [-0.2, 0) is 13.6 Å². The summed E-state index contributed by atoms with van der Waals surface area (Å²) in [5, 5.41) is 0. The number of carbonyl (C=O) groups excluding carboxylic acids is 1. The van der Waals surface area contributed by atoms with E-state index < -0.39 is 22.0 Å². The monoisotopic (exact) mass is 396 g/mol. The molecule has 1 fully saturated rings. The topological polar surface area (TPSA) is 26.3 Å². The SMILES string of the molecule is CCOC(=O)CC(F)C1(c2ccc(Br)cc2F)SCCS1. The first-order chi connectivity index (χ1) is 9.99. The van der Waals surface area contributed by atoms with Crippen molar-refractivity contribution in [1.29, 1.82) is 0 Å². The number of rotatable bonds is 5. The van der Waals surface area contributed by atoms with Gasteiger partial charge in [0.25, 0.3) is 0 Å². The van der Waals surface area contributed by atoms with E-state index in [0.29, 0.717) is 10.0 Å². The third kappa shape index (κ3) is 3.74. The first-order valence-electron chi connectivity index (χ1n) is 6.52. The van der Waals surface area contributed by atoms with Crippen LogP contribution in [0.5, 0.6) is 0 Å². The van der Waals surface area contributed by atoms with Gasteiger partial charge in [-0.15, -0.1) is 23.5 Å². The Morgan fingerprint density at radius 2 is 2.14 bits per heavy atom. The fraction of sp³-hybridized carbons (Fsp3) is 0.500. The first kappa shape index (κ1) is 17.1. The van der Waals surface area contributed by atoms with Crippen LogP contribution < -0.4 is 0 Å². The van der Waals surface area contributed by atoms with Crippen LogP contribution in [0.4, 0.5) is 8.78 Å². The van der Waals surface area contributed by atoms with E-state index in [1.807, 2.05) is 0 Å². The summed E-state index contributed by atoms with van der Waals surface area (Å²) in [6.07, 6.45) is -1.85. The summed E-state index contributed by atoms with van der Waals surface area (Å²) in [5.41, 5.74) is 0.301. The third-order valence-corrected chi connectivity index (χ3v) is 7.17. The van der Waals surface area contributed by atoms with E-state index in [4.69, 9.17) is 4.74 Å². The maximum atomic E-state index is 14.8. The van der Waals surface area contributed by atoms with Crippen molar-refractivity contribution in [1.82, 2.24) is 0 Å². The van der Waals surface area contributed by atoms with Gasteiger partial charge in [0, 0.05) is 21.5 Å². The molecule has 0 aliphatic carbocycles. The van der Waals surface area contributed by atoms with Crippen molar-refractivity contribution in [2.24, 2.45) is 0 Å². The van der Waals surface area contributed by atoms with Crippen molar-refractivity contribution in [3.8, 4) is 0 Å². The Morgan fingerprint density at radius 3 is 2.71 bits per heavy atom. The molecule has 0 saturated carbocycles. The van der Waals surface area contributed by atoms with Gasteiger partial charge in [0.05, 0.1) is 13.0 Å². The number of carbonyl (C=O) groups is 1. The summed E-state index contributed by atoms with van der Waals surface area (Å²) >= 11 is 5.91. The van der Waals surface area contributed by atoms with E-state index in [-0.39, 0.29) is 13.0 Å². The number of ether oxygens (including phenoxy) is 1. The molecule has 0 amide bonds. The first-order valence-corrected chi connectivity index (χ1v) is 9.29. The van der Waals surface area contributed by atoms with Crippen molar-refractivity contribution in [2.75, 3.05) is 18.1 Å². The number of hydrogen-bond donors (Lipinski definition) is 0. The summed E-state index contributed by atoms with van der Waals surface area (Å²) in [4.78, 5) is 11.5. The second-order valence-corrected chi connectivity index (χ2v) is 8.32. The Hall–Kier alpha value is -0.270. The average Bonchev–Trinajstić information content (AvgIpc) is 2.89. The lowest BCUT2D eigenvalue weighted by atomic mass is 10.0. The second-order valence-electron chi connectivity index (χ2n) is 4.47. The van der Waals surface area contributed by atoms with E-state index in [2.05, 4.69) is 15.9 Å². The van der Waals surface area contributed by atoms with Crippen LogP contribution in [-0.4, -0.2) is 30.3 Å². The molecule has 2 rings (SSSR count). The smallest absolute Gasteiger partial charge is 0.308 e. The Bertz CT molecular complexity index is 522. The molecule has 0 bridgehead atoms. The van der Waals surface area contributed by atoms with Gasteiger partial charge in [0.2, 0.25) is 0 Å². The number of alkyl halides is 1. The normalized spacial score (nSPS) is 18.5. The summed E-state index contributed by atoms with van der Waals surface area (Å²) in [7, 11) is 0. The molecule has 1 aliphatic rings. The number of benzene rings is 1. The highest BCUT2D eigenvalue weighted by Crippen LogP contribution is 2.56. The van der Waals surface area contributed by atoms with Gasteiger partial charge in [-0.05, 0) is 19.1 Å². The van der Waals surface area contributed by atoms with Crippen LogP contribution in [0.25, 0.3) is 0 Å². The van der Waals surface area contributed by atoms with Crippen LogP contribution in [0.15, 0.2) is 22.7 Å². The van der Waals surface area contributed by atoms with Crippen molar-refractivity contribution in [3.63, 3.8) is 0 Å². The quantitative estimate of drug-likeness (QED) is 0.683. The predicted octanol–water partition coefficient (Wildman–Crippen LogP) is 4.51. The highest BCUT2D eigenvalue weighted by Gasteiger charge is 2.47. The maximum Gasteiger partial charge on any atom is 0.308 e. The van der Waals surface area contributed by atoms with Gasteiger partial charge in [0.15, 0.2) is 0 Å². The molecule has 21 heavy (non-hydrogen) atoms. The second kappa shape index (κ2) is 7.33. The van der Waals surface area contributed by atoms with E-state index >= 15 is 0 Å². The minimum Gasteiger partial charge on any atom is -0.466 e. The van der Waals surface area contributed by atoms with E-state index in [0.717, 1.165) is 11.5 Å².